The number of carbonyl (C=O) groups is 1. The van der Waals surface area contributed by atoms with E-state index in [-0.39, 0.29) is 5.91 Å². The molecule has 3 rings (SSSR count). The number of anilines is 1. The number of hydrogen-bond acceptors (Lipinski definition) is 3. The molecule has 0 fully saturated rings. The van der Waals surface area contributed by atoms with Crippen molar-refractivity contribution in [1.82, 2.24) is 0 Å². The van der Waals surface area contributed by atoms with Gasteiger partial charge in [0.25, 0.3) is 5.91 Å². The predicted molar refractivity (Wildman–Crippen MR) is 117 cm³/mol. The topological polar surface area (TPSA) is 47.6 Å². The van der Waals surface area contributed by atoms with Crippen molar-refractivity contribution in [2.75, 3.05) is 18.5 Å². The molecular formula is C25H27NO3. The highest BCUT2D eigenvalue weighted by Crippen LogP contribution is 2.17. The standard InChI is InChI=1S/C25H27NO3/c1-19-9-13-22(14-10-19)26-25(27)21-11-15-23(16-12-21)28-17-5-6-18-29-24-8-4-3-7-20(24)2/h3-4,7-16H,5-6,17-18H2,1-2H3,(H,26,27). The van der Waals surface area contributed by atoms with Crippen LogP contribution in [0.4, 0.5) is 5.69 Å². The molecule has 0 unspecified atom stereocenters. The molecule has 0 aromatic heterocycles. The van der Waals surface area contributed by atoms with E-state index >= 15 is 0 Å². The number of nitrogens with one attached hydrogen (secondary N) is 1. The molecule has 150 valence electrons. The third-order valence-electron chi connectivity index (χ3n) is 4.58. The van der Waals surface area contributed by atoms with Gasteiger partial charge in [0, 0.05) is 11.3 Å². The molecule has 4 nitrogen and oxygen atoms in total. The van der Waals surface area contributed by atoms with Gasteiger partial charge in [0.1, 0.15) is 11.5 Å². The van der Waals surface area contributed by atoms with Gasteiger partial charge in [-0.05, 0) is 74.7 Å². The van der Waals surface area contributed by atoms with E-state index in [1.54, 1.807) is 12.1 Å². The molecule has 0 radical (unpaired) electrons. The van der Waals surface area contributed by atoms with Gasteiger partial charge in [0.15, 0.2) is 0 Å². The van der Waals surface area contributed by atoms with Crippen LogP contribution in [-0.2, 0) is 0 Å². The second kappa shape index (κ2) is 10.3. The smallest absolute Gasteiger partial charge is 0.255 e. The average Bonchev–Trinajstić information content (AvgIpc) is 2.74. The lowest BCUT2D eigenvalue weighted by Crippen LogP contribution is -2.11. The molecule has 0 saturated heterocycles. The van der Waals surface area contributed by atoms with E-state index in [0.29, 0.717) is 18.8 Å². The highest BCUT2D eigenvalue weighted by Gasteiger charge is 2.06. The van der Waals surface area contributed by atoms with Crippen molar-refractivity contribution < 1.29 is 14.3 Å². The minimum absolute atomic E-state index is 0.131. The Kier molecular flexibility index (Phi) is 7.28. The first-order valence-electron chi connectivity index (χ1n) is 9.91. The van der Waals surface area contributed by atoms with E-state index < -0.39 is 0 Å². The Balaban J connectivity index is 1.37. The first-order valence-corrected chi connectivity index (χ1v) is 9.91. The normalized spacial score (nSPS) is 10.4. The lowest BCUT2D eigenvalue weighted by Gasteiger charge is -2.10. The molecule has 0 aliphatic rings. The summed E-state index contributed by atoms with van der Waals surface area (Å²) in [5.74, 6) is 1.57. The third kappa shape index (κ3) is 6.39. The lowest BCUT2D eigenvalue weighted by molar-refractivity contribution is 0.102. The highest BCUT2D eigenvalue weighted by molar-refractivity contribution is 6.04. The predicted octanol–water partition coefficient (Wildman–Crippen LogP) is 5.79. The van der Waals surface area contributed by atoms with Crippen molar-refractivity contribution in [2.24, 2.45) is 0 Å². The number of aryl methyl sites for hydroxylation is 2. The summed E-state index contributed by atoms with van der Waals surface area (Å²) in [5, 5.41) is 2.89. The van der Waals surface area contributed by atoms with Crippen LogP contribution in [-0.4, -0.2) is 19.1 Å². The van der Waals surface area contributed by atoms with Gasteiger partial charge in [0.2, 0.25) is 0 Å². The fourth-order valence-corrected chi connectivity index (χ4v) is 2.84. The average molecular weight is 389 g/mol. The van der Waals surface area contributed by atoms with Crippen LogP contribution in [0, 0.1) is 13.8 Å². The van der Waals surface area contributed by atoms with Crippen molar-refractivity contribution in [1.29, 1.82) is 0 Å². The molecule has 4 heteroatoms. The summed E-state index contributed by atoms with van der Waals surface area (Å²) < 4.78 is 11.5. The van der Waals surface area contributed by atoms with Crippen molar-refractivity contribution in [3.8, 4) is 11.5 Å². The Hall–Kier alpha value is -3.27. The number of benzene rings is 3. The molecule has 1 N–H and O–H groups in total. The maximum atomic E-state index is 12.3. The molecule has 0 aliphatic heterocycles. The van der Waals surface area contributed by atoms with E-state index in [2.05, 4.69) is 5.32 Å². The molecule has 1 amide bonds. The van der Waals surface area contributed by atoms with Crippen LogP contribution in [0.3, 0.4) is 0 Å². The second-order valence-corrected chi connectivity index (χ2v) is 7.01. The Bertz CT molecular complexity index is 918. The molecule has 3 aromatic rings. The maximum absolute atomic E-state index is 12.3. The molecule has 0 saturated carbocycles. The van der Waals surface area contributed by atoms with Gasteiger partial charge < -0.3 is 14.8 Å². The number of amides is 1. The summed E-state index contributed by atoms with van der Waals surface area (Å²) in [6.07, 6.45) is 1.83. The first-order chi connectivity index (χ1) is 14.1. The summed E-state index contributed by atoms with van der Waals surface area (Å²) >= 11 is 0. The zero-order chi connectivity index (χ0) is 20.5. The summed E-state index contributed by atoms with van der Waals surface area (Å²) in [5.41, 5.74) is 3.69. The number of para-hydroxylation sites is 1. The van der Waals surface area contributed by atoms with E-state index in [1.165, 1.54) is 0 Å². The Labute approximate surface area is 172 Å². The summed E-state index contributed by atoms with van der Waals surface area (Å²) in [7, 11) is 0. The second-order valence-electron chi connectivity index (χ2n) is 7.01. The van der Waals surface area contributed by atoms with Crippen molar-refractivity contribution in [3.63, 3.8) is 0 Å². The van der Waals surface area contributed by atoms with Crippen molar-refractivity contribution in [2.45, 2.75) is 26.7 Å². The molecule has 0 atom stereocenters. The number of ether oxygens (including phenoxy) is 2. The fraction of sp³-hybridized carbons (Fsp3) is 0.240. The van der Waals surface area contributed by atoms with Crippen molar-refractivity contribution in [3.05, 3.63) is 89.5 Å². The third-order valence-corrected chi connectivity index (χ3v) is 4.58. The van der Waals surface area contributed by atoms with Crippen LogP contribution in [0.1, 0.15) is 34.3 Å². The van der Waals surface area contributed by atoms with Gasteiger partial charge >= 0.3 is 0 Å². The number of unbranched alkanes of at least 4 members (excludes halogenated alkanes) is 1. The number of hydrogen-bond donors (Lipinski definition) is 1. The van der Waals surface area contributed by atoms with Crippen LogP contribution < -0.4 is 14.8 Å². The minimum atomic E-state index is -0.131. The fourth-order valence-electron chi connectivity index (χ4n) is 2.84. The molecule has 29 heavy (non-hydrogen) atoms. The number of rotatable bonds is 9. The van der Waals surface area contributed by atoms with Crippen LogP contribution >= 0.6 is 0 Å². The Morgan fingerprint density at radius 1 is 0.793 bits per heavy atom. The molecule has 0 spiro atoms. The van der Waals surface area contributed by atoms with Gasteiger partial charge in [-0.3, -0.25) is 4.79 Å². The monoisotopic (exact) mass is 389 g/mol. The number of carbonyl (C=O) groups excluding carboxylic acids is 1. The molecule has 3 aromatic carbocycles. The summed E-state index contributed by atoms with van der Waals surface area (Å²) in [6.45, 7) is 5.35. The minimum Gasteiger partial charge on any atom is -0.494 e. The molecule has 0 bridgehead atoms. The molecule has 0 heterocycles. The quantitative estimate of drug-likeness (QED) is 0.471. The zero-order valence-electron chi connectivity index (χ0n) is 17.0. The Morgan fingerprint density at radius 3 is 2.14 bits per heavy atom. The maximum Gasteiger partial charge on any atom is 0.255 e. The van der Waals surface area contributed by atoms with Crippen LogP contribution in [0.25, 0.3) is 0 Å². The van der Waals surface area contributed by atoms with Gasteiger partial charge in [0.05, 0.1) is 13.2 Å². The van der Waals surface area contributed by atoms with E-state index in [4.69, 9.17) is 9.47 Å². The molecule has 0 aliphatic carbocycles. The van der Waals surface area contributed by atoms with E-state index in [0.717, 1.165) is 41.2 Å². The van der Waals surface area contributed by atoms with E-state index in [1.807, 2.05) is 74.5 Å². The lowest BCUT2D eigenvalue weighted by atomic mass is 10.2. The van der Waals surface area contributed by atoms with Gasteiger partial charge in [-0.15, -0.1) is 0 Å². The van der Waals surface area contributed by atoms with Crippen molar-refractivity contribution >= 4 is 11.6 Å². The van der Waals surface area contributed by atoms with Gasteiger partial charge in [-0.25, -0.2) is 0 Å². The first kappa shape index (κ1) is 20.5. The Morgan fingerprint density at radius 2 is 1.45 bits per heavy atom. The van der Waals surface area contributed by atoms with Crippen LogP contribution in [0.5, 0.6) is 11.5 Å². The van der Waals surface area contributed by atoms with Crippen LogP contribution in [0.15, 0.2) is 72.8 Å². The SMILES string of the molecule is Cc1ccc(NC(=O)c2ccc(OCCCCOc3ccccc3C)cc2)cc1. The summed E-state index contributed by atoms with van der Waals surface area (Å²) in [6, 6.07) is 23.0. The molecular weight excluding hydrogens is 362 g/mol. The van der Waals surface area contributed by atoms with E-state index in [9.17, 15) is 4.79 Å². The highest BCUT2D eigenvalue weighted by atomic mass is 16.5. The van der Waals surface area contributed by atoms with Crippen LogP contribution in [0.2, 0.25) is 0 Å². The van der Waals surface area contributed by atoms with Gasteiger partial charge in [-0.1, -0.05) is 35.9 Å². The largest absolute Gasteiger partial charge is 0.494 e. The summed E-state index contributed by atoms with van der Waals surface area (Å²) in [4.78, 5) is 12.3. The van der Waals surface area contributed by atoms with Gasteiger partial charge in [-0.2, -0.15) is 0 Å². The zero-order valence-corrected chi connectivity index (χ0v) is 17.0.